The van der Waals surface area contributed by atoms with Gasteiger partial charge in [-0.2, -0.15) is 0 Å². The number of carbonyl (C=O) groups is 1. The molecule has 2 unspecified atom stereocenters. The second-order valence-electron chi connectivity index (χ2n) is 8.01. The normalized spacial score (nSPS) is 29.8. The van der Waals surface area contributed by atoms with Crippen molar-refractivity contribution in [3.05, 3.63) is 29.8 Å². The van der Waals surface area contributed by atoms with Crippen LogP contribution < -0.4 is 5.32 Å². The topological polar surface area (TPSA) is 55.8 Å². The molecule has 0 aromatic heterocycles. The first-order chi connectivity index (χ1) is 12.2. The van der Waals surface area contributed by atoms with Gasteiger partial charge in [-0.25, -0.2) is 0 Å². The number of piperazine rings is 1. The summed E-state index contributed by atoms with van der Waals surface area (Å²) in [5.41, 5.74) is 1.13. The predicted molar refractivity (Wildman–Crippen MR) is 97.3 cm³/mol. The van der Waals surface area contributed by atoms with Gasteiger partial charge in [0.05, 0.1) is 0 Å². The molecule has 3 saturated heterocycles. The molecule has 5 nitrogen and oxygen atoms in total. The summed E-state index contributed by atoms with van der Waals surface area (Å²) in [6.07, 6.45) is 5.69. The van der Waals surface area contributed by atoms with Gasteiger partial charge in [-0.3, -0.25) is 9.69 Å². The van der Waals surface area contributed by atoms with Gasteiger partial charge in [0.2, 0.25) is 5.91 Å². The Hall–Kier alpha value is -1.59. The number of nitrogens with zero attached hydrogens (tertiary/aromatic N) is 2. The Balaban J connectivity index is 1.23. The second kappa shape index (κ2) is 7.34. The Labute approximate surface area is 150 Å². The first-order valence-electron chi connectivity index (χ1n) is 9.70. The van der Waals surface area contributed by atoms with Gasteiger partial charge in [-0.1, -0.05) is 12.1 Å². The fraction of sp³-hybridized carbons (Fsp3) is 0.650. The third-order valence-electron chi connectivity index (χ3n) is 6.08. The van der Waals surface area contributed by atoms with Gasteiger partial charge in [0.15, 0.2) is 0 Å². The molecule has 1 aromatic carbocycles. The quantitative estimate of drug-likeness (QED) is 0.877. The fourth-order valence-electron chi connectivity index (χ4n) is 4.79. The molecule has 136 valence electrons. The van der Waals surface area contributed by atoms with Crippen molar-refractivity contribution in [1.82, 2.24) is 15.1 Å². The molecule has 3 aliphatic rings. The minimum atomic E-state index is 0.322. The van der Waals surface area contributed by atoms with E-state index in [0.29, 0.717) is 29.7 Å². The number of hydrogen-bond acceptors (Lipinski definition) is 4. The lowest BCUT2D eigenvalue weighted by molar-refractivity contribution is -0.134. The highest BCUT2D eigenvalue weighted by atomic mass is 16.3. The standard InChI is InChI=1S/C20H29N3O2/c24-19-3-1-2-15(12-19)14-22-6-8-23(9-7-22)20(25)13-16-10-17-4-5-18(11-16)21-17/h1-3,12,16-18,21,24H,4-11,13-14H2. The molecule has 2 bridgehead atoms. The van der Waals surface area contributed by atoms with Gasteiger partial charge < -0.3 is 15.3 Å². The molecule has 4 rings (SSSR count). The Kier molecular flexibility index (Phi) is 4.95. The molecular weight excluding hydrogens is 314 g/mol. The third-order valence-corrected chi connectivity index (χ3v) is 6.08. The maximum Gasteiger partial charge on any atom is 0.222 e. The van der Waals surface area contributed by atoms with Crippen molar-refractivity contribution in [3.63, 3.8) is 0 Å². The SMILES string of the molecule is O=C(CC1CC2CCC(C1)N2)N1CCN(Cc2cccc(O)c2)CC1. The van der Waals surface area contributed by atoms with Crippen LogP contribution >= 0.6 is 0 Å². The Morgan fingerprint density at radius 3 is 2.52 bits per heavy atom. The maximum absolute atomic E-state index is 12.7. The first-order valence-corrected chi connectivity index (χ1v) is 9.70. The number of rotatable bonds is 4. The van der Waals surface area contributed by atoms with Crippen molar-refractivity contribution >= 4 is 5.91 Å². The number of phenolic OH excluding ortho intramolecular Hbond substituents is 1. The van der Waals surface area contributed by atoms with Crippen LogP contribution in [0.2, 0.25) is 0 Å². The molecule has 25 heavy (non-hydrogen) atoms. The summed E-state index contributed by atoms with van der Waals surface area (Å²) in [6.45, 7) is 4.33. The van der Waals surface area contributed by atoms with Crippen LogP contribution in [0, 0.1) is 5.92 Å². The molecular formula is C20H29N3O2. The van der Waals surface area contributed by atoms with E-state index in [2.05, 4.69) is 15.1 Å². The first kappa shape index (κ1) is 16.9. The van der Waals surface area contributed by atoms with E-state index in [0.717, 1.165) is 44.7 Å². The lowest BCUT2D eigenvalue weighted by atomic mass is 9.89. The van der Waals surface area contributed by atoms with Crippen molar-refractivity contribution in [2.75, 3.05) is 26.2 Å². The molecule has 2 atom stereocenters. The monoisotopic (exact) mass is 343 g/mol. The Bertz CT molecular complexity index is 601. The highest BCUT2D eigenvalue weighted by Crippen LogP contribution is 2.33. The molecule has 0 aliphatic carbocycles. The van der Waals surface area contributed by atoms with Crippen molar-refractivity contribution < 1.29 is 9.90 Å². The van der Waals surface area contributed by atoms with Crippen LogP contribution in [0.4, 0.5) is 0 Å². The number of phenols is 1. The van der Waals surface area contributed by atoms with Crippen LogP contribution in [0.25, 0.3) is 0 Å². The van der Waals surface area contributed by atoms with E-state index in [9.17, 15) is 9.90 Å². The number of hydrogen-bond donors (Lipinski definition) is 2. The van der Waals surface area contributed by atoms with Crippen molar-refractivity contribution in [3.8, 4) is 5.75 Å². The summed E-state index contributed by atoms with van der Waals surface area (Å²) < 4.78 is 0. The lowest BCUT2D eigenvalue weighted by Crippen LogP contribution is -2.49. The number of amides is 1. The molecule has 0 saturated carbocycles. The Morgan fingerprint density at radius 1 is 1.12 bits per heavy atom. The fourth-order valence-corrected chi connectivity index (χ4v) is 4.79. The molecule has 5 heteroatoms. The van der Waals surface area contributed by atoms with Gasteiger partial charge in [-0.05, 0) is 49.3 Å². The van der Waals surface area contributed by atoms with E-state index in [1.54, 1.807) is 6.07 Å². The molecule has 3 heterocycles. The number of benzene rings is 1. The highest BCUT2D eigenvalue weighted by Gasteiger charge is 2.35. The molecule has 0 radical (unpaired) electrons. The van der Waals surface area contributed by atoms with Crippen LogP contribution in [0.3, 0.4) is 0 Å². The van der Waals surface area contributed by atoms with Crippen LogP contribution in [0.1, 0.15) is 37.7 Å². The van der Waals surface area contributed by atoms with Crippen LogP contribution in [0.5, 0.6) is 5.75 Å². The highest BCUT2D eigenvalue weighted by molar-refractivity contribution is 5.76. The average Bonchev–Trinajstić information content (AvgIpc) is 2.94. The summed E-state index contributed by atoms with van der Waals surface area (Å²) in [4.78, 5) is 17.1. The molecule has 1 aromatic rings. The summed E-state index contributed by atoms with van der Waals surface area (Å²) in [5.74, 6) is 1.25. The van der Waals surface area contributed by atoms with E-state index >= 15 is 0 Å². The van der Waals surface area contributed by atoms with E-state index in [1.165, 1.54) is 25.7 Å². The summed E-state index contributed by atoms with van der Waals surface area (Å²) in [5, 5.41) is 13.2. The molecule has 3 aliphatic heterocycles. The van der Waals surface area contributed by atoms with E-state index in [1.807, 2.05) is 18.2 Å². The van der Waals surface area contributed by atoms with Gasteiger partial charge in [-0.15, -0.1) is 0 Å². The van der Waals surface area contributed by atoms with E-state index < -0.39 is 0 Å². The minimum absolute atomic E-state index is 0.322. The molecule has 3 fully saturated rings. The molecule has 1 amide bonds. The number of fused-ring (bicyclic) bond motifs is 2. The minimum Gasteiger partial charge on any atom is -0.508 e. The van der Waals surface area contributed by atoms with Gasteiger partial charge in [0.25, 0.3) is 0 Å². The van der Waals surface area contributed by atoms with Gasteiger partial charge in [0, 0.05) is 51.2 Å². The van der Waals surface area contributed by atoms with E-state index in [-0.39, 0.29) is 0 Å². The number of nitrogens with one attached hydrogen (secondary N) is 1. The maximum atomic E-state index is 12.7. The summed E-state index contributed by atoms with van der Waals surface area (Å²) in [6, 6.07) is 8.78. The van der Waals surface area contributed by atoms with Gasteiger partial charge in [0.1, 0.15) is 5.75 Å². The number of carbonyl (C=O) groups excluding carboxylic acids is 1. The number of piperidine rings is 1. The van der Waals surface area contributed by atoms with Crippen LogP contribution in [-0.4, -0.2) is 59.1 Å². The zero-order valence-corrected chi connectivity index (χ0v) is 14.9. The Morgan fingerprint density at radius 2 is 1.84 bits per heavy atom. The predicted octanol–water partition coefficient (Wildman–Crippen LogP) is 1.96. The molecule has 0 spiro atoms. The smallest absolute Gasteiger partial charge is 0.222 e. The van der Waals surface area contributed by atoms with Crippen molar-refractivity contribution in [2.45, 2.75) is 50.7 Å². The van der Waals surface area contributed by atoms with Crippen molar-refractivity contribution in [1.29, 1.82) is 0 Å². The largest absolute Gasteiger partial charge is 0.508 e. The molecule has 2 N–H and O–H groups in total. The number of aromatic hydroxyl groups is 1. The van der Waals surface area contributed by atoms with Crippen LogP contribution in [0.15, 0.2) is 24.3 Å². The average molecular weight is 343 g/mol. The zero-order valence-electron chi connectivity index (χ0n) is 14.9. The third kappa shape index (κ3) is 4.15. The summed E-state index contributed by atoms with van der Waals surface area (Å²) in [7, 11) is 0. The lowest BCUT2D eigenvalue weighted by Gasteiger charge is -2.36. The second-order valence-corrected chi connectivity index (χ2v) is 8.01. The van der Waals surface area contributed by atoms with E-state index in [4.69, 9.17) is 0 Å². The zero-order chi connectivity index (χ0) is 17.2. The summed E-state index contributed by atoms with van der Waals surface area (Å²) >= 11 is 0. The van der Waals surface area contributed by atoms with Crippen molar-refractivity contribution in [2.24, 2.45) is 5.92 Å². The van der Waals surface area contributed by atoms with Crippen LogP contribution in [-0.2, 0) is 11.3 Å². The van der Waals surface area contributed by atoms with Gasteiger partial charge >= 0.3 is 0 Å².